The zero-order chi connectivity index (χ0) is 18.4. The molecule has 2 aromatic rings. The molecule has 2 rings (SSSR count). The number of amides is 2. The van der Waals surface area contributed by atoms with Crippen LogP contribution in [0.25, 0.3) is 0 Å². The minimum atomic E-state index is -4.37. The van der Waals surface area contributed by atoms with E-state index < -0.39 is 11.7 Å². The van der Waals surface area contributed by atoms with Gasteiger partial charge < -0.3 is 10.2 Å². The van der Waals surface area contributed by atoms with Gasteiger partial charge in [0.25, 0.3) is 0 Å². The first-order chi connectivity index (χ1) is 11.8. The standard InChI is InChI=1S/C19H21F3N2O/c1-3-24(18(25)23-17-10-5-4-6-11-17)14(2)12-15-8-7-9-16(13-15)19(20,21)22/h4-11,13-14H,3,12H2,1-2H3,(H,23,25)/t14-/m0/s1. The van der Waals surface area contributed by atoms with Crippen molar-refractivity contribution in [1.29, 1.82) is 0 Å². The van der Waals surface area contributed by atoms with Crippen LogP contribution in [0.5, 0.6) is 0 Å². The van der Waals surface area contributed by atoms with Gasteiger partial charge in [-0.3, -0.25) is 0 Å². The van der Waals surface area contributed by atoms with Crippen LogP contribution in [0.2, 0.25) is 0 Å². The topological polar surface area (TPSA) is 32.3 Å². The molecule has 0 fully saturated rings. The van der Waals surface area contributed by atoms with Gasteiger partial charge in [0.2, 0.25) is 0 Å². The lowest BCUT2D eigenvalue weighted by Gasteiger charge is -2.28. The Balaban J connectivity index is 2.07. The number of anilines is 1. The summed E-state index contributed by atoms with van der Waals surface area (Å²) in [4.78, 5) is 14.0. The van der Waals surface area contributed by atoms with Gasteiger partial charge in [0.05, 0.1) is 5.56 Å². The fourth-order valence-corrected chi connectivity index (χ4v) is 2.70. The van der Waals surface area contributed by atoms with Gasteiger partial charge in [-0.1, -0.05) is 36.4 Å². The van der Waals surface area contributed by atoms with E-state index >= 15 is 0 Å². The van der Waals surface area contributed by atoms with Gasteiger partial charge in [0.1, 0.15) is 0 Å². The predicted octanol–water partition coefficient (Wildman–Crippen LogP) is 5.19. The van der Waals surface area contributed by atoms with Gasteiger partial charge in [-0.2, -0.15) is 13.2 Å². The predicted molar refractivity (Wildman–Crippen MR) is 92.5 cm³/mol. The Morgan fingerprint density at radius 3 is 2.40 bits per heavy atom. The summed E-state index contributed by atoms with van der Waals surface area (Å²) in [6.07, 6.45) is -4.02. The molecular formula is C19H21F3N2O. The molecule has 6 heteroatoms. The number of halogens is 3. The van der Waals surface area contributed by atoms with Crippen LogP contribution < -0.4 is 5.32 Å². The summed E-state index contributed by atoms with van der Waals surface area (Å²) in [5.41, 5.74) is 0.555. The number of nitrogens with zero attached hydrogens (tertiary/aromatic N) is 1. The van der Waals surface area contributed by atoms with Crippen molar-refractivity contribution in [3.05, 3.63) is 65.7 Å². The van der Waals surface area contributed by atoms with Crippen molar-refractivity contribution in [2.75, 3.05) is 11.9 Å². The minimum absolute atomic E-state index is 0.239. The number of hydrogen-bond donors (Lipinski definition) is 1. The SMILES string of the molecule is CCN(C(=O)Nc1ccccc1)[C@@H](C)Cc1cccc(C(F)(F)F)c1. The molecule has 0 radical (unpaired) electrons. The number of likely N-dealkylation sites (N-methyl/N-ethyl adjacent to an activating group) is 1. The van der Waals surface area contributed by atoms with Crippen LogP contribution in [0, 0.1) is 0 Å². The smallest absolute Gasteiger partial charge is 0.322 e. The molecular weight excluding hydrogens is 329 g/mol. The Bertz CT molecular complexity index is 701. The van der Waals surface area contributed by atoms with Gasteiger partial charge in [-0.15, -0.1) is 0 Å². The zero-order valence-corrected chi connectivity index (χ0v) is 14.2. The lowest BCUT2D eigenvalue weighted by atomic mass is 10.0. The van der Waals surface area contributed by atoms with E-state index in [1.54, 1.807) is 23.1 Å². The molecule has 1 atom stereocenters. The number of urea groups is 1. The summed E-state index contributed by atoms with van der Waals surface area (Å²) in [6.45, 7) is 4.13. The van der Waals surface area contributed by atoms with Gasteiger partial charge in [-0.05, 0) is 44.0 Å². The first-order valence-electron chi connectivity index (χ1n) is 8.10. The molecule has 2 amide bonds. The minimum Gasteiger partial charge on any atom is -0.322 e. The Labute approximate surface area is 145 Å². The number of para-hydroxylation sites is 1. The molecule has 1 N–H and O–H groups in total. The molecule has 0 bridgehead atoms. The number of rotatable bonds is 5. The van der Waals surface area contributed by atoms with Crippen molar-refractivity contribution in [3.8, 4) is 0 Å². The van der Waals surface area contributed by atoms with Crippen LogP contribution in [0.15, 0.2) is 54.6 Å². The summed E-state index contributed by atoms with van der Waals surface area (Å²) < 4.78 is 38.5. The normalized spacial score (nSPS) is 12.5. The average Bonchev–Trinajstić information content (AvgIpc) is 2.56. The summed E-state index contributed by atoms with van der Waals surface area (Å²) in [5.74, 6) is 0. The highest BCUT2D eigenvalue weighted by atomic mass is 19.4. The molecule has 0 heterocycles. The molecule has 25 heavy (non-hydrogen) atoms. The Morgan fingerprint density at radius 1 is 1.12 bits per heavy atom. The number of alkyl halides is 3. The van der Waals surface area contributed by atoms with E-state index in [1.807, 2.05) is 32.0 Å². The Morgan fingerprint density at radius 2 is 1.80 bits per heavy atom. The summed E-state index contributed by atoms with van der Waals surface area (Å²) in [5, 5.41) is 2.80. The van der Waals surface area contributed by atoms with Crippen LogP contribution >= 0.6 is 0 Å². The lowest BCUT2D eigenvalue weighted by Crippen LogP contribution is -2.42. The van der Waals surface area contributed by atoms with E-state index in [-0.39, 0.29) is 12.1 Å². The highest BCUT2D eigenvalue weighted by Gasteiger charge is 2.30. The van der Waals surface area contributed by atoms with Crippen molar-refractivity contribution < 1.29 is 18.0 Å². The van der Waals surface area contributed by atoms with E-state index in [1.165, 1.54) is 6.07 Å². The maximum Gasteiger partial charge on any atom is 0.416 e. The second kappa shape index (κ2) is 8.05. The van der Waals surface area contributed by atoms with Crippen LogP contribution in [0.3, 0.4) is 0 Å². The summed E-state index contributed by atoms with van der Waals surface area (Å²) in [6, 6.07) is 13.8. The number of hydrogen-bond acceptors (Lipinski definition) is 1. The van der Waals surface area contributed by atoms with Gasteiger partial charge in [0, 0.05) is 18.3 Å². The molecule has 0 spiro atoms. The second-order valence-corrected chi connectivity index (χ2v) is 5.83. The number of nitrogens with one attached hydrogen (secondary N) is 1. The molecule has 0 aliphatic rings. The molecule has 0 aliphatic heterocycles. The first kappa shape index (κ1) is 18.8. The molecule has 0 aromatic heterocycles. The summed E-state index contributed by atoms with van der Waals surface area (Å²) in [7, 11) is 0. The van der Waals surface area contributed by atoms with Crippen molar-refractivity contribution in [3.63, 3.8) is 0 Å². The Kier molecular flexibility index (Phi) is 6.07. The molecule has 2 aromatic carbocycles. The molecule has 3 nitrogen and oxygen atoms in total. The van der Waals surface area contributed by atoms with Gasteiger partial charge >= 0.3 is 12.2 Å². The van der Waals surface area contributed by atoms with Crippen LogP contribution in [-0.4, -0.2) is 23.5 Å². The van der Waals surface area contributed by atoms with E-state index in [4.69, 9.17) is 0 Å². The third-order valence-corrected chi connectivity index (χ3v) is 3.94. The highest BCUT2D eigenvalue weighted by molar-refractivity contribution is 5.89. The third kappa shape index (κ3) is 5.24. The molecule has 0 saturated carbocycles. The van der Waals surface area contributed by atoms with Crippen LogP contribution in [0.1, 0.15) is 25.0 Å². The lowest BCUT2D eigenvalue weighted by molar-refractivity contribution is -0.137. The number of carbonyl (C=O) groups excluding carboxylic acids is 1. The van der Waals surface area contributed by atoms with Gasteiger partial charge in [-0.25, -0.2) is 4.79 Å². The van der Waals surface area contributed by atoms with Crippen molar-refractivity contribution >= 4 is 11.7 Å². The van der Waals surface area contributed by atoms with Gasteiger partial charge in [0.15, 0.2) is 0 Å². The maximum atomic E-state index is 12.8. The summed E-state index contributed by atoms with van der Waals surface area (Å²) >= 11 is 0. The van der Waals surface area contributed by atoms with Crippen molar-refractivity contribution in [2.45, 2.75) is 32.5 Å². The number of carbonyl (C=O) groups is 1. The quantitative estimate of drug-likeness (QED) is 0.791. The fourth-order valence-electron chi connectivity index (χ4n) is 2.70. The monoisotopic (exact) mass is 350 g/mol. The maximum absolute atomic E-state index is 12.8. The van der Waals surface area contributed by atoms with E-state index in [9.17, 15) is 18.0 Å². The second-order valence-electron chi connectivity index (χ2n) is 5.83. The molecule has 0 saturated heterocycles. The van der Waals surface area contributed by atoms with Crippen LogP contribution in [-0.2, 0) is 12.6 Å². The molecule has 0 unspecified atom stereocenters. The van der Waals surface area contributed by atoms with Crippen molar-refractivity contribution in [1.82, 2.24) is 4.90 Å². The van der Waals surface area contributed by atoms with Crippen LogP contribution in [0.4, 0.5) is 23.7 Å². The van der Waals surface area contributed by atoms with E-state index in [2.05, 4.69) is 5.32 Å². The first-order valence-corrected chi connectivity index (χ1v) is 8.10. The van der Waals surface area contributed by atoms with E-state index in [0.29, 0.717) is 24.2 Å². The number of benzene rings is 2. The van der Waals surface area contributed by atoms with Crippen molar-refractivity contribution in [2.24, 2.45) is 0 Å². The third-order valence-electron chi connectivity index (χ3n) is 3.94. The highest BCUT2D eigenvalue weighted by Crippen LogP contribution is 2.30. The molecule has 0 aliphatic carbocycles. The van der Waals surface area contributed by atoms with E-state index in [0.717, 1.165) is 12.1 Å². The Hall–Kier alpha value is -2.50. The fraction of sp³-hybridized carbons (Fsp3) is 0.316. The zero-order valence-electron chi connectivity index (χ0n) is 14.2. The largest absolute Gasteiger partial charge is 0.416 e. The molecule has 134 valence electrons. The average molecular weight is 350 g/mol.